The third kappa shape index (κ3) is 5.63. The molecule has 3 aromatic carbocycles. The van der Waals surface area contributed by atoms with Gasteiger partial charge in [0.1, 0.15) is 0 Å². The van der Waals surface area contributed by atoms with Crippen molar-refractivity contribution in [1.29, 1.82) is 0 Å². The van der Waals surface area contributed by atoms with Crippen LogP contribution in [0.15, 0.2) is 91.0 Å². The molecule has 0 unspecified atom stereocenters. The number of methoxy groups -OCH3 is 2. The fourth-order valence-electron chi connectivity index (χ4n) is 8.89. The largest absolute Gasteiger partial charge is 0.468 e. The molecule has 0 spiro atoms. The third-order valence-electron chi connectivity index (χ3n) is 12.3. The van der Waals surface area contributed by atoms with Gasteiger partial charge in [-0.25, -0.2) is 0 Å². The number of amides is 2. The Morgan fingerprint density at radius 1 is 0.667 bits per heavy atom. The summed E-state index contributed by atoms with van der Waals surface area (Å²) in [6, 6.07) is 29.3. The number of rotatable bonds is 11. The van der Waals surface area contributed by atoms with Gasteiger partial charge in [0.05, 0.1) is 46.1 Å². The number of fused-ring (bicyclic) bond motifs is 2. The van der Waals surface area contributed by atoms with E-state index in [0.29, 0.717) is 45.6 Å². The minimum Gasteiger partial charge on any atom is -0.468 e. The molecule has 0 bridgehead atoms. The van der Waals surface area contributed by atoms with Crippen LogP contribution in [0.5, 0.6) is 0 Å². The number of hydrogen-bond acceptors (Lipinski definition) is 8. The number of ether oxygens (including phenoxy) is 3. The summed E-state index contributed by atoms with van der Waals surface area (Å²) in [5.74, 6) is -1.29. The van der Waals surface area contributed by atoms with E-state index in [0.717, 1.165) is 23.1 Å². The van der Waals surface area contributed by atoms with Gasteiger partial charge in [-0.2, -0.15) is 0 Å². The highest BCUT2D eigenvalue weighted by Crippen LogP contribution is 2.65. The SMILES string of the molecule is COC(=O)[C@@]12CC[C@]1(CO)CN([C@H](C)c1ccccc1)C2=O.COC(=O)[C@@]12CC[C@]1(COCc1ccccc1)CN([C@H](C)c1ccccc1)C2=O. The van der Waals surface area contributed by atoms with E-state index < -0.39 is 33.6 Å². The lowest BCUT2D eigenvalue weighted by Gasteiger charge is -2.49. The molecular formula is C41H48N2O8. The van der Waals surface area contributed by atoms with E-state index in [1.807, 2.05) is 110 Å². The summed E-state index contributed by atoms with van der Waals surface area (Å²) < 4.78 is 16.0. The van der Waals surface area contributed by atoms with E-state index in [-0.39, 0.29) is 30.5 Å². The van der Waals surface area contributed by atoms with Crippen LogP contribution >= 0.6 is 0 Å². The van der Waals surface area contributed by atoms with E-state index in [4.69, 9.17) is 14.2 Å². The van der Waals surface area contributed by atoms with Crippen LogP contribution in [0.1, 0.15) is 68.3 Å². The molecule has 4 fully saturated rings. The quantitative estimate of drug-likeness (QED) is 0.213. The van der Waals surface area contributed by atoms with Crippen molar-refractivity contribution in [2.75, 3.05) is 40.5 Å². The first-order valence-corrected chi connectivity index (χ1v) is 17.7. The van der Waals surface area contributed by atoms with Crippen molar-refractivity contribution in [3.8, 4) is 0 Å². The van der Waals surface area contributed by atoms with E-state index in [9.17, 15) is 24.3 Å². The van der Waals surface area contributed by atoms with Crippen molar-refractivity contribution in [3.63, 3.8) is 0 Å². The normalized spacial score (nSPS) is 28.6. The highest BCUT2D eigenvalue weighted by atomic mass is 16.5. The summed E-state index contributed by atoms with van der Waals surface area (Å²) in [6.45, 7) is 5.52. The fraction of sp³-hybridized carbons (Fsp3) is 0.463. The zero-order valence-electron chi connectivity index (χ0n) is 29.9. The molecule has 1 N–H and O–H groups in total. The summed E-state index contributed by atoms with van der Waals surface area (Å²) in [5, 5.41) is 9.86. The van der Waals surface area contributed by atoms with Gasteiger partial charge in [0.2, 0.25) is 11.8 Å². The summed E-state index contributed by atoms with van der Waals surface area (Å²) in [6.07, 6.45) is 2.42. The molecule has 2 heterocycles. The highest BCUT2D eigenvalue weighted by Gasteiger charge is 2.75. The summed E-state index contributed by atoms with van der Waals surface area (Å²) in [5.41, 5.74) is -0.394. The Labute approximate surface area is 299 Å². The summed E-state index contributed by atoms with van der Waals surface area (Å²) in [4.78, 5) is 55.2. The van der Waals surface area contributed by atoms with Crippen molar-refractivity contribution < 1.29 is 38.5 Å². The van der Waals surface area contributed by atoms with Crippen LogP contribution in [0.4, 0.5) is 0 Å². The van der Waals surface area contributed by atoms with Crippen LogP contribution in [0.3, 0.4) is 0 Å². The number of hydrogen-bond donors (Lipinski definition) is 1. The molecule has 2 saturated heterocycles. The van der Waals surface area contributed by atoms with E-state index >= 15 is 0 Å². The van der Waals surface area contributed by atoms with Crippen LogP contribution in [0, 0.1) is 21.7 Å². The van der Waals surface area contributed by atoms with Crippen molar-refractivity contribution >= 4 is 23.8 Å². The standard InChI is InChI=1S/C24H27NO4.C17H21NO4/c1-18(20-11-7-4-8-12-20)25-16-23(17-29-15-19-9-5-3-6-10-19)13-14-24(23,21(25)26)22(27)28-2;1-12(13-6-4-3-5-7-13)18-10-16(11-19)8-9-17(16,14(18)20)15(21)22-2/h3-12,18H,13-17H2,1-2H3;3-7,12,19H,8-11H2,1-2H3/t18-,23-,24+;12-,16-,17+/m11/s1. The van der Waals surface area contributed by atoms with Gasteiger partial charge in [0.25, 0.3) is 0 Å². The number of esters is 2. The van der Waals surface area contributed by atoms with Crippen LogP contribution in [0.2, 0.25) is 0 Å². The fourth-order valence-corrected chi connectivity index (χ4v) is 8.89. The smallest absolute Gasteiger partial charge is 0.322 e. The van der Waals surface area contributed by atoms with Crippen molar-refractivity contribution in [2.45, 2.75) is 58.2 Å². The van der Waals surface area contributed by atoms with Gasteiger partial charge in [-0.1, -0.05) is 91.0 Å². The second-order valence-electron chi connectivity index (χ2n) is 14.5. The molecule has 2 aliphatic heterocycles. The van der Waals surface area contributed by atoms with Crippen LogP contribution < -0.4 is 0 Å². The molecule has 2 aliphatic carbocycles. The molecule has 4 aliphatic rings. The number of likely N-dealkylation sites (tertiary alicyclic amines) is 2. The van der Waals surface area contributed by atoms with Gasteiger partial charge >= 0.3 is 11.9 Å². The topological polar surface area (TPSA) is 123 Å². The maximum atomic E-state index is 13.5. The lowest BCUT2D eigenvalue weighted by atomic mass is 9.51. The molecule has 3 aromatic rings. The molecule has 10 heteroatoms. The molecule has 6 atom stereocenters. The number of aliphatic hydroxyl groups is 1. The van der Waals surface area contributed by atoms with Crippen LogP contribution in [-0.4, -0.2) is 79.2 Å². The Morgan fingerprint density at radius 2 is 1.08 bits per heavy atom. The minimum atomic E-state index is -1.19. The first kappa shape index (κ1) is 36.3. The maximum Gasteiger partial charge on any atom is 0.322 e. The lowest BCUT2D eigenvalue weighted by Crippen LogP contribution is -2.59. The number of aliphatic hydroxyl groups excluding tert-OH is 1. The average molecular weight is 697 g/mol. The van der Waals surface area contributed by atoms with Crippen molar-refractivity contribution in [3.05, 3.63) is 108 Å². The van der Waals surface area contributed by atoms with Gasteiger partial charge in [-0.3, -0.25) is 19.2 Å². The highest BCUT2D eigenvalue weighted by molar-refractivity contribution is 6.07. The predicted molar refractivity (Wildman–Crippen MR) is 189 cm³/mol. The Balaban J connectivity index is 0.000000183. The Kier molecular flexibility index (Phi) is 10.1. The summed E-state index contributed by atoms with van der Waals surface area (Å²) in [7, 11) is 2.66. The van der Waals surface area contributed by atoms with Gasteiger partial charge in [-0.05, 0) is 56.2 Å². The number of benzene rings is 3. The molecule has 270 valence electrons. The number of carbonyl (C=O) groups excluding carboxylic acids is 4. The van der Waals surface area contributed by atoms with Crippen molar-refractivity contribution in [2.24, 2.45) is 21.7 Å². The molecule has 2 amide bonds. The molecule has 7 rings (SSSR count). The zero-order valence-corrected chi connectivity index (χ0v) is 29.9. The van der Waals surface area contributed by atoms with Gasteiger partial charge < -0.3 is 29.1 Å². The van der Waals surface area contributed by atoms with Crippen LogP contribution in [-0.2, 0) is 40.0 Å². The number of carbonyl (C=O) groups is 4. The first-order valence-electron chi connectivity index (χ1n) is 17.7. The second-order valence-corrected chi connectivity index (χ2v) is 14.5. The van der Waals surface area contributed by atoms with Gasteiger partial charge in [0, 0.05) is 23.9 Å². The molecule has 0 radical (unpaired) electrons. The molecule has 10 nitrogen and oxygen atoms in total. The molecule has 0 aromatic heterocycles. The molecule has 2 saturated carbocycles. The van der Waals surface area contributed by atoms with E-state index in [2.05, 4.69) is 0 Å². The second kappa shape index (κ2) is 14.2. The lowest BCUT2D eigenvalue weighted by molar-refractivity contribution is -0.183. The average Bonchev–Trinajstić information content (AvgIpc) is 3.44. The first-order chi connectivity index (χ1) is 24.6. The Bertz CT molecular complexity index is 1730. The predicted octanol–water partition coefficient (Wildman–Crippen LogP) is 5.27. The van der Waals surface area contributed by atoms with E-state index in [1.165, 1.54) is 14.2 Å². The third-order valence-corrected chi connectivity index (χ3v) is 12.3. The van der Waals surface area contributed by atoms with Crippen LogP contribution in [0.25, 0.3) is 0 Å². The van der Waals surface area contributed by atoms with Gasteiger partial charge in [-0.15, -0.1) is 0 Å². The molecule has 51 heavy (non-hydrogen) atoms. The molecular weight excluding hydrogens is 648 g/mol. The minimum absolute atomic E-state index is 0.109. The Hall–Kier alpha value is -4.54. The maximum absolute atomic E-state index is 13.5. The van der Waals surface area contributed by atoms with Crippen molar-refractivity contribution in [1.82, 2.24) is 9.80 Å². The zero-order chi connectivity index (χ0) is 36.4. The summed E-state index contributed by atoms with van der Waals surface area (Å²) >= 11 is 0. The van der Waals surface area contributed by atoms with E-state index in [1.54, 1.807) is 4.90 Å². The number of nitrogens with zero attached hydrogens (tertiary/aromatic N) is 2. The monoisotopic (exact) mass is 696 g/mol. The van der Waals surface area contributed by atoms with Gasteiger partial charge in [0.15, 0.2) is 10.8 Å². The Morgan fingerprint density at radius 3 is 1.47 bits per heavy atom.